The molecule has 1 aliphatic heterocycles. The monoisotopic (exact) mass is 303 g/mol. The molecule has 2 heterocycles. The third kappa shape index (κ3) is 2.64. The number of ether oxygens (including phenoxy) is 1. The van der Waals surface area contributed by atoms with E-state index in [1.54, 1.807) is 11.3 Å². The van der Waals surface area contributed by atoms with Gasteiger partial charge in [0, 0.05) is 18.0 Å². The molecule has 1 aliphatic rings. The molecular weight excluding hydrogens is 290 g/mol. The summed E-state index contributed by atoms with van der Waals surface area (Å²) in [5.41, 5.74) is 0. The molecule has 0 amide bonds. The molecule has 1 atom stereocenters. The van der Waals surface area contributed by atoms with E-state index in [0.29, 0.717) is 0 Å². The number of carbonyl (C=O) groups is 1. The fourth-order valence-corrected chi connectivity index (χ4v) is 3.32. The molecule has 0 aromatic carbocycles. The van der Waals surface area contributed by atoms with Crippen molar-refractivity contribution in [3.05, 3.63) is 20.8 Å². The highest BCUT2D eigenvalue weighted by atomic mass is 79.9. The van der Waals surface area contributed by atoms with Crippen LogP contribution in [0.3, 0.4) is 0 Å². The first-order chi connectivity index (χ1) is 7.70. The lowest BCUT2D eigenvalue weighted by Crippen LogP contribution is -2.53. The molecule has 3 nitrogen and oxygen atoms in total. The van der Waals surface area contributed by atoms with Crippen LogP contribution >= 0.6 is 27.3 Å². The van der Waals surface area contributed by atoms with Crippen molar-refractivity contribution >= 4 is 33.2 Å². The lowest BCUT2D eigenvalue weighted by Gasteiger charge is -2.38. The van der Waals surface area contributed by atoms with Crippen molar-refractivity contribution in [2.75, 3.05) is 20.2 Å². The van der Waals surface area contributed by atoms with Gasteiger partial charge in [-0.25, -0.2) is 0 Å². The number of hydrogen-bond donors (Lipinski definition) is 0. The summed E-state index contributed by atoms with van der Waals surface area (Å²) < 4.78 is 5.92. The number of methoxy groups -OCH3 is 1. The van der Waals surface area contributed by atoms with Crippen molar-refractivity contribution in [2.45, 2.75) is 18.9 Å². The van der Waals surface area contributed by atoms with Crippen molar-refractivity contribution < 1.29 is 9.53 Å². The van der Waals surface area contributed by atoms with Crippen molar-refractivity contribution in [2.24, 2.45) is 0 Å². The Labute approximate surface area is 108 Å². The van der Waals surface area contributed by atoms with E-state index in [1.165, 1.54) is 12.0 Å². The molecule has 1 fully saturated rings. The van der Waals surface area contributed by atoms with Gasteiger partial charge in [0.15, 0.2) is 0 Å². The number of thiophene rings is 1. The summed E-state index contributed by atoms with van der Waals surface area (Å²) in [6.45, 7) is 1.94. The fourth-order valence-electron chi connectivity index (χ4n) is 1.85. The van der Waals surface area contributed by atoms with Crippen LogP contribution in [0, 0.1) is 0 Å². The first-order valence-electron chi connectivity index (χ1n) is 5.27. The Kier molecular flexibility index (Phi) is 4.00. The standard InChI is InChI=1S/C11H14BrNO2S/c1-15-11(14)9-5-7-13(9)6-4-8-2-3-10(12)16-8/h2-3,9H,4-7H2,1H3. The SMILES string of the molecule is COC(=O)C1CCN1CCc1ccc(Br)s1. The molecule has 0 N–H and O–H groups in total. The van der Waals surface area contributed by atoms with Crippen LogP contribution < -0.4 is 0 Å². The minimum absolute atomic E-state index is 0.00611. The second-order valence-electron chi connectivity index (χ2n) is 3.82. The lowest BCUT2D eigenvalue weighted by molar-refractivity contribution is -0.151. The quantitative estimate of drug-likeness (QED) is 0.800. The predicted molar refractivity (Wildman–Crippen MR) is 67.7 cm³/mol. The Hall–Kier alpha value is -0.390. The zero-order valence-electron chi connectivity index (χ0n) is 9.11. The van der Waals surface area contributed by atoms with Gasteiger partial charge in [-0.3, -0.25) is 9.69 Å². The average molecular weight is 304 g/mol. The van der Waals surface area contributed by atoms with Crippen molar-refractivity contribution in [3.8, 4) is 0 Å². The normalized spacial score (nSPS) is 20.5. The van der Waals surface area contributed by atoms with E-state index in [9.17, 15) is 4.79 Å². The van der Waals surface area contributed by atoms with Crippen LogP contribution in [0.4, 0.5) is 0 Å². The topological polar surface area (TPSA) is 29.5 Å². The van der Waals surface area contributed by atoms with Crippen LogP contribution in [0.1, 0.15) is 11.3 Å². The van der Waals surface area contributed by atoms with Gasteiger partial charge in [-0.05, 0) is 40.9 Å². The lowest BCUT2D eigenvalue weighted by atomic mass is 10.0. The number of nitrogens with zero attached hydrogens (tertiary/aromatic N) is 1. The molecule has 1 aromatic heterocycles. The van der Waals surface area contributed by atoms with Crippen molar-refractivity contribution in [1.82, 2.24) is 4.90 Å². The Balaban J connectivity index is 1.80. The first-order valence-corrected chi connectivity index (χ1v) is 6.88. The van der Waals surface area contributed by atoms with E-state index < -0.39 is 0 Å². The minimum atomic E-state index is -0.0985. The van der Waals surface area contributed by atoms with Gasteiger partial charge in [0.05, 0.1) is 10.9 Å². The van der Waals surface area contributed by atoms with Crippen LogP contribution in [0.5, 0.6) is 0 Å². The van der Waals surface area contributed by atoms with Crippen molar-refractivity contribution in [1.29, 1.82) is 0 Å². The molecule has 5 heteroatoms. The minimum Gasteiger partial charge on any atom is -0.468 e. The number of rotatable bonds is 4. The molecule has 1 unspecified atom stereocenters. The van der Waals surface area contributed by atoms with E-state index in [1.807, 2.05) is 0 Å². The third-order valence-electron chi connectivity index (χ3n) is 2.88. The molecule has 16 heavy (non-hydrogen) atoms. The molecule has 2 rings (SSSR count). The molecule has 0 bridgehead atoms. The van der Waals surface area contributed by atoms with Gasteiger partial charge >= 0.3 is 5.97 Å². The Morgan fingerprint density at radius 3 is 3.00 bits per heavy atom. The molecule has 0 radical (unpaired) electrons. The Morgan fingerprint density at radius 1 is 1.69 bits per heavy atom. The number of halogens is 1. The molecule has 0 spiro atoms. The predicted octanol–water partition coefficient (Wildman–Crippen LogP) is 2.30. The van der Waals surface area contributed by atoms with Gasteiger partial charge in [-0.2, -0.15) is 0 Å². The maximum absolute atomic E-state index is 11.4. The summed E-state index contributed by atoms with van der Waals surface area (Å²) >= 11 is 5.20. The molecule has 1 aromatic rings. The van der Waals surface area contributed by atoms with Gasteiger partial charge < -0.3 is 4.74 Å². The van der Waals surface area contributed by atoms with Crippen molar-refractivity contribution in [3.63, 3.8) is 0 Å². The van der Waals surface area contributed by atoms with Crippen LogP contribution in [0.25, 0.3) is 0 Å². The maximum atomic E-state index is 11.4. The molecule has 0 saturated carbocycles. The number of esters is 1. The maximum Gasteiger partial charge on any atom is 0.323 e. The van der Waals surface area contributed by atoms with E-state index in [-0.39, 0.29) is 12.0 Å². The van der Waals surface area contributed by atoms with E-state index in [4.69, 9.17) is 4.74 Å². The zero-order valence-corrected chi connectivity index (χ0v) is 11.5. The number of hydrogen-bond acceptors (Lipinski definition) is 4. The van der Waals surface area contributed by atoms with Gasteiger partial charge in [0.2, 0.25) is 0 Å². The molecule has 0 aliphatic carbocycles. The number of likely N-dealkylation sites (tertiary alicyclic amines) is 1. The molecule has 1 saturated heterocycles. The second-order valence-corrected chi connectivity index (χ2v) is 6.37. The summed E-state index contributed by atoms with van der Waals surface area (Å²) in [5, 5.41) is 0. The smallest absolute Gasteiger partial charge is 0.323 e. The summed E-state index contributed by atoms with van der Waals surface area (Å²) in [4.78, 5) is 14.9. The van der Waals surface area contributed by atoms with Gasteiger partial charge in [0.1, 0.15) is 6.04 Å². The Bertz CT molecular complexity index is 380. The molecular formula is C11H14BrNO2S. The summed E-state index contributed by atoms with van der Waals surface area (Å²) in [7, 11) is 1.45. The summed E-state index contributed by atoms with van der Waals surface area (Å²) in [5.74, 6) is -0.0985. The number of carbonyl (C=O) groups excluding carboxylic acids is 1. The van der Waals surface area contributed by atoms with E-state index in [0.717, 1.165) is 29.7 Å². The van der Waals surface area contributed by atoms with E-state index in [2.05, 4.69) is 33.0 Å². The highest BCUT2D eigenvalue weighted by Crippen LogP contribution is 2.24. The highest BCUT2D eigenvalue weighted by Gasteiger charge is 2.34. The molecule has 88 valence electrons. The zero-order chi connectivity index (χ0) is 11.5. The average Bonchev–Trinajstić information content (AvgIpc) is 2.62. The van der Waals surface area contributed by atoms with Gasteiger partial charge in [-0.15, -0.1) is 11.3 Å². The van der Waals surface area contributed by atoms with E-state index >= 15 is 0 Å². The van der Waals surface area contributed by atoms with Gasteiger partial charge in [0.25, 0.3) is 0 Å². The summed E-state index contributed by atoms with van der Waals surface area (Å²) in [6, 6.07) is 4.18. The van der Waals surface area contributed by atoms with Crippen LogP contribution in [0.2, 0.25) is 0 Å². The van der Waals surface area contributed by atoms with Crippen LogP contribution in [0.15, 0.2) is 15.9 Å². The van der Waals surface area contributed by atoms with Crippen LogP contribution in [-0.4, -0.2) is 37.1 Å². The largest absolute Gasteiger partial charge is 0.468 e. The Morgan fingerprint density at radius 2 is 2.50 bits per heavy atom. The van der Waals surface area contributed by atoms with Crippen LogP contribution in [-0.2, 0) is 16.0 Å². The highest BCUT2D eigenvalue weighted by molar-refractivity contribution is 9.11. The second kappa shape index (κ2) is 5.29. The third-order valence-corrected chi connectivity index (χ3v) is 4.56. The fraction of sp³-hybridized carbons (Fsp3) is 0.545. The van der Waals surface area contributed by atoms with Gasteiger partial charge in [-0.1, -0.05) is 0 Å². The first kappa shape index (κ1) is 12.1. The summed E-state index contributed by atoms with van der Waals surface area (Å²) in [6.07, 6.45) is 1.94.